The molecule has 2 N–H and O–H groups in total. The zero-order valence-corrected chi connectivity index (χ0v) is 15.4. The van der Waals surface area contributed by atoms with E-state index in [4.69, 9.17) is 5.73 Å². The van der Waals surface area contributed by atoms with Crippen LogP contribution in [0.5, 0.6) is 0 Å². The largest absolute Gasteiger partial charge is 0.416 e. The van der Waals surface area contributed by atoms with Crippen molar-refractivity contribution >= 4 is 5.69 Å². The van der Waals surface area contributed by atoms with Gasteiger partial charge in [-0.3, -0.25) is 0 Å². The summed E-state index contributed by atoms with van der Waals surface area (Å²) < 4.78 is 121. The van der Waals surface area contributed by atoms with Gasteiger partial charge in [0.05, 0.1) is 11.1 Å². The molecule has 0 radical (unpaired) electrons. The molecule has 0 fully saturated rings. The van der Waals surface area contributed by atoms with Crippen LogP contribution >= 0.6 is 0 Å². The Morgan fingerprint density at radius 3 is 1.77 bits per heavy atom. The molecule has 1 aromatic rings. The first kappa shape index (κ1) is 23.4. The van der Waals surface area contributed by atoms with E-state index in [0.29, 0.717) is 19.1 Å². The zero-order chi connectivity index (χ0) is 23.3. The molecule has 0 saturated heterocycles. The van der Waals surface area contributed by atoms with Gasteiger partial charge < -0.3 is 10.6 Å². The molecule has 12 heteroatoms. The Bertz CT molecular complexity index is 912. The average Bonchev–Trinajstić information content (AvgIpc) is 2.59. The second kappa shape index (κ2) is 7.14. The second-order valence-corrected chi connectivity index (χ2v) is 6.42. The maximum absolute atomic E-state index is 13.8. The van der Waals surface area contributed by atoms with E-state index in [1.54, 1.807) is 0 Å². The first-order valence-corrected chi connectivity index (χ1v) is 8.27. The van der Waals surface area contributed by atoms with E-state index in [1.807, 2.05) is 0 Å². The van der Waals surface area contributed by atoms with Crippen molar-refractivity contribution in [3.8, 4) is 6.07 Å². The molecule has 2 rings (SSSR count). The Morgan fingerprint density at radius 2 is 1.43 bits per heavy atom. The molecule has 1 aliphatic rings. The minimum Gasteiger partial charge on any atom is -0.384 e. The van der Waals surface area contributed by atoms with Crippen molar-refractivity contribution in [2.24, 2.45) is 11.1 Å². The molecule has 0 saturated carbocycles. The van der Waals surface area contributed by atoms with Crippen molar-refractivity contribution in [3.63, 3.8) is 0 Å². The third-order valence-electron chi connectivity index (χ3n) is 4.89. The van der Waals surface area contributed by atoms with Gasteiger partial charge in [-0.1, -0.05) is 6.92 Å². The fourth-order valence-electron chi connectivity index (χ4n) is 3.55. The maximum atomic E-state index is 13.8. The molecule has 0 aliphatic carbocycles. The summed E-state index contributed by atoms with van der Waals surface area (Å²) in [5.41, 5.74) is -3.87. The van der Waals surface area contributed by atoms with Gasteiger partial charge in [-0.05, 0) is 43.2 Å². The molecule has 0 aromatic heterocycles. The molecule has 164 valence electrons. The van der Waals surface area contributed by atoms with Crippen LogP contribution < -0.4 is 10.6 Å². The van der Waals surface area contributed by atoms with Gasteiger partial charge in [0, 0.05) is 11.4 Å². The highest BCUT2D eigenvalue weighted by molar-refractivity contribution is 5.66. The minimum absolute atomic E-state index is 0.220. The molecular weight excluding hydrogens is 429 g/mol. The van der Waals surface area contributed by atoms with E-state index in [9.17, 15) is 44.8 Å². The van der Waals surface area contributed by atoms with Crippen molar-refractivity contribution in [3.05, 3.63) is 52.5 Å². The first-order valence-electron chi connectivity index (χ1n) is 8.27. The standard InChI is InChI=1S/C18H14F9N3/c1-3-13-9(2)15(17(22,23)24,18(25,26)27)12(8-28)14(29)30(13)11-6-4-10(5-7-11)16(19,20)21/h4-7H,3,29H2,1-2H3. The highest BCUT2D eigenvalue weighted by Gasteiger charge is 2.76. The molecular formula is C18H14F9N3. The zero-order valence-electron chi connectivity index (χ0n) is 15.4. The topological polar surface area (TPSA) is 53.1 Å². The van der Waals surface area contributed by atoms with Gasteiger partial charge >= 0.3 is 18.5 Å². The maximum Gasteiger partial charge on any atom is 0.416 e. The fraction of sp³-hybridized carbons (Fsp3) is 0.389. The lowest BCUT2D eigenvalue weighted by molar-refractivity contribution is -0.310. The summed E-state index contributed by atoms with van der Waals surface area (Å²) >= 11 is 0. The Hall–Kier alpha value is -2.84. The lowest BCUT2D eigenvalue weighted by Gasteiger charge is -2.45. The van der Waals surface area contributed by atoms with Crippen molar-refractivity contribution in [2.45, 2.75) is 38.8 Å². The number of benzene rings is 1. The molecule has 0 atom stereocenters. The molecule has 1 aromatic carbocycles. The van der Waals surface area contributed by atoms with E-state index < -0.39 is 52.2 Å². The van der Waals surface area contributed by atoms with Crippen LogP contribution in [0, 0.1) is 16.7 Å². The van der Waals surface area contributed by atoms with Crippen molar-refractivity contribution in [1.29, 1.82) is 5.26 Å². The summed E-state index contributed by atoms with van der Waals surface area (Å²) in [6.07, 6.45) is -17.0. The molecule has 3 nitrogen and oxygen atoms in total. The van der Waals surface area contributed by atoms with Crippen LogP contribution in [0.3, 0.4) is 0 Å². The monoisotopic (exact) mass is 443 g/mol. The quantitative estimate of drug-likeness (QED) is 0.570. The Kier molecular flexibility index (Phi) is 5.58. The summed E-state index contributed by atoms with van der Waals surface area (Å²) in [5.74, 6) is -1.16. The molecule has 30 heavy (non-hydrogen) atoms. The normalized spacial score (nSPS) is 18.0. The van der Waals surface area contributed by atoms with Crippen LogP contribution in [0.25, 0.3) is 0 Å². The number of hydrogen-bond donors (Lipinski definition) is 1. The first-order chi connectivity index (χ1) is 13.6. The highest BCUT2D eigenvalue weighted by Crippen LogP contribution is 2.62. The number of allylic oxidation sites excluding steroid dienone is 3. The van der Waals surface area contributed by atoms with Gasteiger partial charge in [-0.25, -0.2) is 0 Å². The van der Waals surface area contributed by atoms with E-state index in [-0.39, 0.29) is 12.1 Å². The van der Waals surface area contributed by atoms with Crippen LogP contribution in [0.15, 0.2) is 46.9 Å². The highest BCUT2D eigenvalue weighted by atomic mass is 19.4. The Labute approximate surface area is 164 Å². The van der Waals surface area contributed by atoms with Gasteiger partial charge in [0.2, 0.25) is 5.41 Å². The smallest absolute Gasteiger partial charge is 0.384 e. The molecule has 0 unspecified atom stereocenters. The van der Waals surface area contributed by atoms with E-state index in [0.717, 1.165) is 23.1 Å². The number of hydrogen-bond acceptors (Lipinski definition) is 3. The van der Waals surface area contributed by atoms with E-state index >= 15 is 0 Å². The number of alkyl halides is 9. The van der Waals surface area contributed by atoms with Crippen LogP contribution in [0.2, 0.25) is 0 Å². The van der Waals surface area contributed by atoms with Crippen molar-refractivity contribution in [2.75, 3.05) is 4.90 Å². The molecule has 1 heterocycles. The number of nitrogens with zero attached hydrogens (tertiary/aromatic N) is 2. The van der Waals surface area contributed by atoms with Crippen LogP contribution in [-0.4, -0.2) is 12.4 Å². The van der Waals surface area contributed by atoms with Gasteiger partial charge in [-0.15, -0.1) is 0 Å². The van der Waals surface area contributed by atoms with Gasteiger partial charge in [0.1, 0.15) is 11.9 Å². The van der Waals surface area contributed by atoms with E-state index in [2.05, 4.69) is 0 Å². The molecule has 0 bridgehead atoms. The lowest BCUT2D eigenvalue weighted by Crippen LogP contribution is -2.56. The number of nitrogens with two attached hydrogens (primary N) is 1. The number of halogens is 9. The Balaban J connectivity index is 2.87. The number of nitriles is 1. The van der Waals surface area contributed by atoms with Gasteiger partial charge in [0.25, 0.3) is 0 Å². The molecule has 1 aliphatic heterocycles. The van der Waals surface area contributed by atoms with E-state index in [1.165, 1.54) is 6.92 Å². The average molecular weight is 443 g/mol. The van der Waals surface area contributed by atoms with Gasteiger partial charge in [0.15, 0.2) is 0 Å². The summed E-state index contributed by atoms with van der Waals surface area (Å²) in [6, 6.07) is 3.83. The summed E-state index contributed by atoms with van der Waals surface area (Å²) in [7, 11) is 0. The molecule has 0 amide bonds. The minimum atomic E-state index is -5.95. The van der Waals surface area contributed by atoms with Crippen LogP contribution in [-0.2, 0) is 6.18 Å². The van der Waals surface area contributed by atoms with Crippen molar-refractivity contribution < 1.29 is 39.5 Å². The predicted molar refractivity (Wildman–Crippen MR) is 88.3 cm³/mol. The Morgan fingerprint density at radius 1 is 0.967 bits per heavy atom. The SMILES string of the molecule is CCC1=C(C)C(C(F)(F)F)(C(F)(F)F)C(C#N)=C(N)N1c1ccc(C(F)(F)F)cc1. The summed E-state index contributed by atoms with van der Waals surface area (Å²) in [5, 5.41) is 9.23. The third-order valence-corrected chi connectivity index (χ3v) is 4.89. The van der Waals surface area contributed by atoms with Crippen LogP contribution in [0.1, 0.15) is 25.8 Å². The number of anilines is 1. The summed E-state index contributed by atoms with van der Waals surface area (Å²) in [4.78, 5) is 0.740. The third kappa shape index (κ3) is 3.26. The number of rotatable bonds is 2. The van der Waals surface area contributed by atoms with Gasteiger partial charge in [-0.2, -0.15) is 44.8 Å². The summed E-state index contributed by atoms with van der Waals surface area (Å²) in [6.45, 7) is 1.85. The lowest BCUT2D eigenvalue weighted by atomic mass is 9.69. The van der Waals surface area contributed by atoms with Crippen molar-refractivity contribution in [1.82, 2.24) is 0 Å². The van der Waals surface area contributed by atoms with Crippen LogP contribution in [0.4, 0.5) is 45.2 Å². The molecule has 0 spiro atoms. The second-order valence-electron chi connectivity index (χ2n) is 6.42. The fourth-order valence-corrected chi connectivity index (χ4v) is 3.55. The predicted octanol–water partition coefficient (Wildman–Crippen LogP) is 6.01.